The molecule has 1 amide bonds. The molecule has 0 aromatic heterocycles. The molecule has 1 atom stereocenters. The third kappa shape index (κ3) is 4.65. The molecule has 2 rings (SSSR count). The molecular weight excluding hydrogens is 306 g/mol. The Morgan fingerprint density at radius 2 is 1.71 bits per heavy atom. The van der Waals surface area contributed by atoms with Gasteiger partial charge in [-0.25, -0.2) is 0 Å². The number of rotatable bonds is 7. The molecule has 2 aromatic carbocycles. The second-order valence-corrected chi connectivity index (χ2v) is 5.48. The maximum Gasteiger partial charge on any atom is 0.261 e. The summed E-state index contributed by atoms with van der Waals surface area (Å²) < 4.78 is 16.1. The molecular formula is C19H23NO4. The van der Waals surface area contributed by atoms with Gasteiger partial charge in [0, 0.05) is 6.54 Å². The zero-order valence-electron chi connectivity index (χ0n) is 14.5. The lowest BCUT2D eigenvalue weighted by Crippen LogP contribution is -2.35. The third-order valence-corrected chi connectivity index (χ3v) is 3.62. The van der Waals surface area contributed by atoms with E-state index in [1.807, 2.05) is 49.4 Å². The van der Waals surface area contributed by atoms with Crippen molar-refractivity contribution in [2.45, 2.75) is 26.5 Å². The standard InChI is InChI=1S/C19H23NO4/c1-13-5-8-16(9-6-13)24-14(2)19(21)20-12-15-7-10-17(22-3)18(11-15)23-4/h5-11,14H,12H2,1-4H3,(H,20,21)/t14-/m1/s1. The molecule has 5 nitrogen and oxygen atoms in total. The first-order valence-electron chi connectivity index (χ1n) is 7.75. The van der Waals surface area contributed by atoms with Crippen molar-refractivity contribution in [3.05, 3.63) is 53.6 Å². The summed E-state index contributed by atoms with van der Waals surface area (Å²) in [6.07, 6.45) is -0.576. The van der Waals surface area contributed by atoms with Crippen molar-refractivity contribution in [3.8, 4) is 17.2 Å². The maximum absolute atomic E-state index is 12.2. The van der Waals surface area contributed by atoms with E-state index in [9.17, 15) is 4.79 Å². The molecule has 0 radical (unpaired) electrons. The van der Waals surface area contributed by atoms with Gasteiger partial charge < -0.3 is 19.5 Å². The zero-order chi connectivity index (χ0) is 17.5. The summed E-state index contributed by atoms with van der Waals surface area (Å²) in [6, 6.07) is 13.1. The molecule has 0 fully saturated rings. The lowest BCUT2D eigenvalue weighted by Gasteiger charge is -2.15. The minimum absolute atomic E-state index is 0.176. The van der Waals surface area contributed by atoms with Crippen LogP contribution in [0.1, 0.15) is 18.1 Å². The Morgan fingerprint density at radius 3 is 2.33 bits per heavy atom. The molecule has 0 saturated carbocycles. The quantitative estimate of drug-likeness (QED) is 0.848. The summed E-state index contributed by atoms with van der Waals surface area (Å²) in [5, 5.41) is 2.86. The summed E-state index contributed by atoms with van der Waals surface area (Å²) >= 11 is 0. The van der Waals surface area contributed by atoms with Crippen LogP contribution in [0.4, 0.5) is 0 Å². The number of aryl methyl sites for hydroxylation is 1. The molecule has 1 N–H and O–H groups in total. The molecule has 2 aromatic rings. The van der Waals surface area contributed by atoms with Gasteiger partial charge in [-0.1, -0.05) is 23.8 Å². The van der Waals surface area contributed by atoms with Crippen LogP contribution in [0.5, 0.6) is 17.2 Å². The number of hydrogen-bond acceptors (Lipinski definition) is 4. The second-order valence-electron chi connectivity index (χ2n) is 5.48. The van der Waals surface area contributed by atoms with E-state index in [4.69, 9.17) is 14.2 Å². The SMILES string of the molecule is COc1ccc(CNC(=O)[C@@H](C)Oc2ccc(C)cc2)cc1OC. The van der Waals surface area contributed by atoms with Gasteiger partial charge in [-0.15, -0.1) is 0 Å². The first-order valence-corrected chi connectivity index (χ1v) is 7.75. The van der Waals surface area contributed by atoms with Crippen LogP contribution < -0.4 is 19.5 Å². The van der Waals surface area contributed by atoms with Gasteiger partial charge in [0.05, 0.1) is 14.2 Å². The molecule has 0 heterocycles. The fourth-order valence-electron chi connectivity index (χ4n) is 2.20. The van der Waals surface area contributed by atoms with E-state index in [0.717, 1.165) is 11.1 Å². The van der Waals surface area contributed by atoms with Crippen LogP contribution in [0.15, 0.2) is 42.5 Å². The smallest absolute Gasteiger partial charge is 0.261 e. The monoisotopic (exact) mass is 329 g/mol. The van der Waals surface area contributed by atoms with Crippen LogP contribution in [0, 0.1) is 6.92 Å². The van der Waals surface area contributed by atoms with Crippen LogP contribution in [0.2, 0.25) is 0 Å². The van der Waals surface area contributed by atoms with Crippen LogP contribution in [-0.2, 0) is 11.3 Å². The molecule has 0 aliphatic heterocycles. The number of carbonyl (C=O) groups is 1. The highest BCUT2D eigenvalue weighted by atomic mass is 16.5. The molecule has 0 spiro atoms. The van der Waals surface area contributed by atoms with E-state index in [2.05, 4.69) is 5.32 Å². The predicted octanol–water partition coefficient (Wildman–Crippen LogP) is 3.10. The highest BCUT2D eigenvalue weighted by Crippen LogP contribution is 2.27. The Bertz CT molecular complexity index is 682. The first kappa shape index (κ1) is 17.7. The molecule has 0 aliphatic carbocycles. The zero-order valence-corrected chi connectivity index (χ0v) is 14.5. The average Bonchev–Trinajstić information content (AvgIpc) is 2.61. The van der Waals surface area contributed by atoms with E-state index in [1.165, 1.54) is 0 Å². The van der Waals surface area contributed by atoms with Crippen molar-refractivity contribution in [3.63, 3.8) is 0 Å². The molecule has 0 bridgehead atoms. The summed E-state index contributed by atoms with van der Waals surface area (Å²) in [5.74, 6) is 1.79. The molecule has 0 saturated heterocycles. The van der Waals surface area contributed by atoms with E-state index in [0.29, 0.717) is 23.8 Å². The van der Waals surface area contributed by atoms with Crippen molar-refractivity contribution in [1.29, 1.82) is 0 Å². The maximum atomic E-state index is 12.2. The first-order chi connectivity index (χ1) is 11.5. The largest absolute Gasteiger partial charge is 0.493 e. The van der Waals surface area contributed by atoms with Gasteiger partial charge >= 0.3 is 0 Å². The summed E-state index contributed by atoms with van der Waals surface area (Å²) in [5.41, 5.74) is 2.07. The molecule has 5 heteroatoms. The van der Waals surface area contributed by atoms with Gasteiger partial charge in [-0.3, -0.25) is 4.79 Å². The number of amides is 1. The lowest BCUT2D eigenvalue weighted by molar-refractivity contribution is -0.127. The molecule has 24 heavy (non-hydrogen) atoms. The highest BCUT2D eigenvalue weighted by Gasteiger charge is 2.14. The van der Waals surface area contributed by atoms with E-state index in [-0.39, 0.29) is 5.91 Å². The van der Waals surface area contributed by atoms with Gasteiger partial charge in [0.25, 0.3) is 5.91 Å². The van der Waals surface area contributed by atoms with E-state index in [1.54, 1.807) is 21.1 Å². The topological polar surface area (TPSA) is 56.8 Å². The molecule has 0 unspecified atom stereocenters. The van der Waals surface area contributed by atoms with Crippen LogP contribution in [-0.4, -0.2) is 26.2 Å². The average molecular weight is 329 g/mol. The van der Waals surface area contributed by atoms with Gasteiger partial charge in [0.1, 0.15) is 5.75 Å². The van der Waals surface area contributed by atoms with Gasteiger partial charge in [-0.05, 0) is 43.7 Å². The summed E-state index contributed by atoms with van der Waals surface area (Å²) in [4.78, 5) is 12.2. The van der Waals surface area contributed by atoms with Gasteiger partial charge in [0.15, 0.2) is 17.6 Å². The van der Waals surface area contributed by atoms with Gasteiger partial charge in [0.2, 0.25) is 0 Å². The Balaban J connectivity index is 1.91. The van der Waals surface area contributed by atoms with E-state index < -0.39 is 6.10 Å². The lowest BCUT2D eigenvalue weighted by atomic mass is 10.2. The van der Waals surface area contributed by atoms with Crippen LogP contribution >= 0.6 is 0 Å². The number of hydrogen-bond donors (Lipinski definition) is 1. The van der Waals surface area contributed by atoms with Gasteiger partial charge in [-0.2, -0.15) is 0 Å². The normalized spacial score (nSPS) is 11.5. The Kier molecular flexibility index (Phi) is 6.07. The van der Waals surface area contributed by atoms with E-state index >= 15 is 0 Å². The van der Waals surface area contributed by atoms with Crippen molar-refractivity contribution >= 4 is 5.91 Å². The minimum atomic E-state index is -0.576. The Hall–Kier alpha value is -2.69. The fraction of sp³-hybridized carbons (Fsp3) is 0.316. The predicted molar refractivity (Wildman–Crippen MR) is 92.7 cm³/mol. The number of ether oxygens (including phenoxy) is 3. The number of methoxy groups -OCH3 is 2. The van der Waals surface area contributed by atoms with Crippen molar-refractivity contribution < 1.29 is 19.0 Å². The molecule has 0 aliphatic rings. The molecule has 128 valence electrons. The Labute approximate surface area is 142 Å². The second kappa shape index (κ2) is 8.24. The van der Waals surface area contributed by atoms with Crippen LogP contribution in [0.3, 0.4) is 0 Å². The number of carbonyl (C=O) groups excluding carboxylic acids is 1. The van der Waals surface area contributed by atoms with Crippen molar-refractivity contribution in [2.75, 3.05) is 14.2 Å². The summed E-state index contributed by atoms with van der Waals surface area (Å²) in [7, 11) is 3.17. The summed E-state index contributed by atoms with van der Waals surface area (Å²) in [6.45, 7) is 4.12. The highest BCUT2D eigenvalue weighted by molar-refractivity contribution is 5.80. The Morgan fingerprint density at radius 1 is 1.04 bits per heavy atom. The number of benzene rings is 2. The van der Waals surface area contributed by atoms with Crippen LogP contribution in [0.25, 0.3) is 0 Å². The van der Waals surface area contributed by atoms with Crippen molar-refractivity contribution in [2.24, 2.45) is 0 Å². The third-order valence-electron chi connectivity index (χ3n) is 3.62. The fourth-order valence-corrected chi connectivity index (χ4v) is 2.20. The number of nitrogens with one attached hydrogen (secondary N) is 1. The minimum Gasteiger partial charge on any atom is -0.493 e. The van der Waals surface area contributed by atoms with Crippen molar-refractivity contribution in [1.82, 2.24) is 5.32 Å².